The predicted octanol–water partition coefficient (Wildman–Crippen LogP) is -4.32. The Morgan fingerprint density at radius 2 is 1.47 bits per heavy atom. The third kappa shape index (κ3) is 8.19. The number of nitrogens with one attached hydrogen (secondary N) is 1. The second kappa shape index (κ2) is 15.5. The second-order valence-electron chi connectivity index (χ2n) is 8.67. The van der Waals surface area contributed by atoms with Crippen molar-refractivity contribution < 1.29 is 134 Å². The molecule has 2 amide bonds. The molecule has 12 heteroatoms. The number of aromatic amines is 1. The number of fused-ring (bicyclic) bond motifs is 2. The van der Waals surface area contributed by atoms with Crippen LogP contribution < -0.4 is 108 Å². The standard InChI is InChI=1S/C12H14N2O2.C10H12N2O.CH2O3.CH4.2K.H/c1-8(15)13-6-9-4-5-14(10-2-3-10)12(16)11(9)7-13;13-10-9-6-11-5-7(9)3-4-12(10)8-1-2-8;2-1-4-3;;;;/h6-7,10H,2-5H2,1H3;5-6,8,11H,1-4H2;1,3H;1H4;;;/q;;;;2*+1;-1/p-1. The summed E-state index contributed by atoms with van der Waals surface area (Å²) >= 11 is 0. The van der Waals surface area contributed by atoms with Crippen LogP contribution in [-0.4, -0.2) is 68.7 Å². The van der Waals surface area contributed by atoms with Gasteiger partial charge in [0.2, 0.25) is 5.91 Å². The zero-order chi connectivity index (χ0) is 23.5. The van der Waals surface area contributed by atoms with E-state index in [1.54, 1.807) is 12.4 Å². The van der Waals surface area contributed by atoms with Crippen LogP contribution in [0.15, 0.2) is 24.8 Å². The molecule has 0 atom stereocenters. The number of amides is 2. The Hall–Kier alpha value is -0.127. The Labute approximate surface area is 297 Å². The van der Waals surface area contributed by atoms with Crippen LogP contribution in [0.5, 0.6) is 0 Å². The Balaban J connectivity index is 0.000000566. The van der Waals surface area contributed by atoms with Gasteiger partial charge >= 0.3 is 103 Å². The topological polar surface area (TPSA) is 128 Å². The second-order valence-corrected chi connectivity index (χ2v) is 8.67. The largest absolute Gasteiger partial charge is 1.00 e. The summed E-state index contributed by atoms with van der Waals surface area (Å²) in [5.74, 6) is 0.286. The summed E-state index contributed by atoms with van der Waals surface area (Å²) in [7, 11) is 0. The maximum absolute atomic E-state index is 12.1. The van der Waals surface area contributed by atoms with Gasteiger partial charge in [0, 0.05) is 56.9 Å². The summed E-state index contributed by atoms with van der Waals surface area (Å²) in [5.41, 5.74) is 3.80. The summed E-state index contributed by atoms with van der Waals surface area (Å²) in [6, 6.07) is 1.01. The molecule has 2 saturated carbocycles. The Kier molecular flexibility index (Phi) is 14.6. The quantitative estimate of drug-likeness (QED) is 0.178. The number of nitrogens with zero attached hydrogens (tertiary/aromatic N) is 3. The van der Waals surface area contributed by atoms with Gasteiger partial charge in [-0.15, -0.1) is 0 Å². The van der Waals surface area contributed by atoms with E-state index in [9.17, 15) is 14.4 Å². The Bertz CT molecular complexity index is 1070. The molecule has 0 aromatic carbocycles. The van der Waals surface area contributed by atoms with Crippen LogP contribution in [0, 0.1) is 0 Å². The minimum atomic E-state index is -0.181. The third-order valence-corrected chi connectivity index (χ3v) is 6.35. The average molecular weight is 551 g/mol. The predicted molar refractivity (Wildman–Crippen MR) is 122 cm³/mol. The SMILES string of the molecule is C.CC(=O)n1cc2c(c1)C(=O)N(C1CC1)CC2.O=C1c2c[nH]cc2CCN1C1CC1.O=CO[O-].[H-].[K+].[K+]. The van der Waals surface area contributed by atoms with E-state index in [0.717, 1.165) is 49.9 Å². The Morgan fingerprint density at radius 3 is 1.94 bits per heavy atom. The molecule has 10 nitrogen and oxygen atoms in total. The zero-order valence-corrected chi connectivity index (χ0v) is 26.7. The first-order valence-corrected chi connectivity index (χ1v) is 11.2. The van der Waals surface area contributed by atoms with Crippen LogP contribution in [0.3, 0.4) is 0 Å². The van der Waals surface area contributed by atoms with Gasteiger partial charge in [-0.3, -0.25) is 23.7 Å². The van der Waals surface area contributed by atoms with Crippen molar-refractivity contribution in [3.05, 3.63) is 47.0 Å². The molecule has 0 spiro atoms. The fourth-order valence-electron chi connectivity index (χ4n) is 4.34. The van der Waals surface area contributed by atoms with E-state index in [0.29, 0.717) is 17.6 Å². The van der Waals surface area contributed by atoms with Crippen LogP contribution >= 0.6 is 0 Å². The number of H-pyrrole nitrogens is 1. The van der Waals surface area contributed by atoms with Gasteiger partial charge in [0.05, 0.1) is 11.1 Å². The summed E-state index contributed by atoms with van der Waals surface area (Å²) < 4.78 is 1.51. The number of hydrogen-bond acceptors (Lipinski definition) is 6. The number of carbonyl (C=O) groups excluding carboxylic acids is 4. The van der Waals surface area contributed by atoms with Crippen molar-refractivity contribution in [1.29, 1.82) is 0 Å². The number of carbonyl (C=O) groups is 4. The van der Waals surface area contributed by atoms with Crippen molar-refractivity contribution in [3.63, 3.8) is 0 Å². The molecular weight excluding hydrogens is 518 g/mol. The number of aromatic nitrogens is 2. The van der Waals surface area contributed by atoms with Gasteiger partial charge in [0.15, 0.2) is 0 Å². The molecule has 2 aromatic rings. The molecule has 4 heterocycles. The third-order valence-electron chi connectivity index (χ3n) is 6.35. The van der Waals surface area contributed by atoms with Gasteiger partial charge in [-0.05, 0) is 49.7 Å². The molecule has 2 aromatic heterocycles. The molecule has 186 valence electrons. The maximum atomic E-state index is 12.1. The van der Waals surface area contributed by atoms with E-state index in [4.69, 9.17) is 10.1 Å². The molecule has 0 unspecified atom stereocenters. The minimum absolute atomic E-state index is 0. The van der Waals surface area contributed by atoms with Crippen LogP contribution in [0.4, 0.5) is 0 Å². The van der Waals surface area contributed by atoms with E-state index in [1.807, 2.05) is 22.2 Å². The molecule has 0 bridgehead atoms. The maximum Gasteiger partial charge on any atom is 1.00 e. The van der Waals surface area contributed by atoms with Crippen molar-refractivity contribution in [2.45, 2.75) is 65.0 Å². The van der Waals surface area contributed by atoms with E-state index in [2.05, 4.69) is 9.87 Å². The average Bonchev–Trinajstić information content (AvgIpc) is 3.73. The molecule has 2 fully saturated rings. The first kappa shape index (κ1) is 33.9. The first-order chi connectivity index (χ1) is 15.9. The Morgan fingerprint density at radius 1 is 0.972 bits per heavy atom. The van der Waals surface area contributed by atoms with E-state index in [-0.39, 0.29) is 136 Å². The van der Waals surface area contributed by atoms with Gasteiger partial charge in [-0.2, -0.15) is 0 Å². The van der Waals surface area contributed by atoms with Crippen LogP contribution in [0.2, 0.25) is 0 Å². The fraction of sp³-hybridized carbons (Fsp3) is 0.500. The molecule has 6 rings (SSSR count). The van der Waals surface area contributed by atoms with E-state index >= 15 is 0 Å². The van der Waals surface area contributed by atoms with Gasteiger partial charge in [-0.25, -0.2) is 0 Å². The van der Waals surface area contributed by atoms with Crippen LogP contribution in [0.1, 0.15) is 78.1 Å². The molecule has 2 aliphatic carbocycles. The molecule has 4 aliphatic rings. The number of rotatable bonds is 3. The van der Waals surface area contributed by atoms with Crippen molar-refractivity contribution in [2.24, 2.45) is 0 Å². The first-order valence-electron chi connectivity index (χ1n) is 11.2. The van der Waals surface area contributed by atoms with Crippen molar-refractivity contribution in [3.8, 4) is 0 Å². The van der Waals surface area contributed by atoms with Crippen molar-refractivity contribution in [1.82, 2.24) is 19.4 Å². The zero-order valence-electron chi connectivity index (χ0n) is 21.5. The molecule has 0 radical (unpaired) electrons. The number of hydrogen-bond donors (Lipinski definition) is 1. The van der Waals surface area contributed by atoms with Crippen molar-refractivity contribution >= 4 is 24.2 Å². The van der Waals surface area contributed by atoms with Gasteiger partial charge in [0.1, 0.15) is 0 Å². The summed E-state index contributed by atoms with van der Waals surface area (Å²) in [6.07, 6.45) is 13.8. The van der Waals surface area contributed by atoms with Gasteiger partial charge in [0.25, 0.3) is 18.3 Å². The van der Waals surface area contributed by atoms with E-state index < -0.39 is 0 Å². The van der Waals surface area contributed by atoms with Crippen LogP contribution in [-0.2, 0) is 22.5 Å². The monoisotopic (exact) mass is 550 g/mol. The molecule has 1 N–H and O–H groups in total. The molecule has 0 saturated heterocycles. The summed E-state index contributed by atoms with van der Waals surface area (Å²) in [6.45, 7) is 3.04. The minimum Gasteiger partial charge on any atom is -1.00 e. The van der Waals surface area contributed by atoms with Crippen LogP contribution in [0.25, 0.3) is 0 Å². The van der Waals surface area contributed by atoms with Gasteiger partial charge < -0.3 is 26.4 Å². The normalized spacial score (nSPS) is 17.3. The summed E-state index contributed by atoms with van der Waals surface area (Å²) in [5, 5.41) is 8.43. The molecule has 36 heavy (non-hydrogen) atoms. The van der Waals surface area contributed by atoms with Crippen molar-refractivity contribution in [2.75, 3.05) is 13.1 Å². The molecule has 2 aliphatic heterocycles. The fourth-order valence-corrected chi connectivity index (χ4v) is 4.34. The molecular formula is C24H32K2N4O6. The summed E-state index contributed by atoms with van der Waals surface area (Å²) in [4.78, 5) is 53.5. The van der Waals surface area contributed by atoms with E-state index in [1.165, 1.54) is 29.9 Å². The van der Waals surface area contributed by atoms with Gasteiger partial charge in [-0.1, -0.05) is 7.43 Å². The smallest absolute Gasteiger partial charge is 1.00 e.